The maximum Gasteiger partial charge on any atom is 0.229 e. The Labute approximate surface area is 177 Å². The third-order valence-corrected chi connectivity index (χ3v) is 5.06. The summed E-state index contributed by atoms with van der Waals surface area (Å²) in [5.74, 6) is -0.0417. The van der Waals surface area contributed by atoms with Gasteiger partial charge in [-0.05, 0) is 41.5 Å². The summed E-state index contributed by atoms with van der Waals surface area (Å²) in [5.41, 5.74) is 4.30. The number of anilines is 1. The van der Waals surface area contributed by atoms with Crippen LogP contribution in [-0.2, 0) is 20.2 Å². The van der Waals surface area contributed by atoms with Crippen LogP contribution in [0.25, 0.3) is 17.7 Å². The van der Waals surface area contributed by atoms with E-state index in [0.717, 1.165) is 23.1 Å². The molecule has 1 aliphatic heterocycles. The monoisotopic (exact) mass is 423 g/mol. The molecule has 6 nitrogen and oxygen atoms in total. The molecule has 0 atom stereocenters. The number of nitrogens with zero attached hydrogens (tertiary/aromatic N) is 2. The van der Waals surface area contributed by atoms with E-state index in [9.17, 15) is 13.2 Å². The topological polar surface area (TPSA) is 88.5 Å². The first kappa shape index (κ1) is 21.6. The average Bonchev–Trinajstić information content (AvgIpc) is 2.66. The Morgan fingerprint density at radius 3 is 2.30 bits per heavy atom. The van der Waals surface area contributed by atoms with Crippen LogP contribution in [0.3, 0.4) is 0 Å². The molecule has 0 radical (unpaired) electrons. The molecule has 2 aromatic rings. The second-order valence-electron chi connectivity index (χ2n) is 8.24. The number of dihydropyridines is 1. The highest BCUT2D eigenvalue weighted by Gasteiger charge is 2.20. The van der Waals surface area contributed by atoms with Crippen molar-refractivity contribution in [2.45, 2.75) is 26.2 Å². The molecule has 0 unspecified atom stereocenters. The van der Waals surface area contributed by atoms with Gasteiger partial charge in [0.1, 0.15) is 6.54 Å². The van der Waals surface area contributed by atoms with Crippen molar-refractivity contribution in [3.05, 3.63) is 65.0 Å². The van der Waals surface area contributed by atoms with E-state index in [2.05, 4.69) is 30.5 Å². The zero-order valence-electron chi connectivity index (χ0n) is 17.5. The minimum atomic E-state index is -3.30. The van der Waals surface area contributed by atoms with Crippen LogP contribution in [0.5, 0.6) is 0 Å². The quantitative estimate of drug-likeness (QED) is 0.788. The molecular weight excluding hydrogens is 398 g/mol. The van der Waals surface area contributed by atoms with Crippen LogP contribution in [-0.4, -0.2) is 38.2 Å². The number of benzene rings is 1. The highest BCUT2D eigenvalue weighted by molar-refractivity contribution is 7.92. The van der Waals surface area contributed by atoms with Crippen LogP contribution < -0.4 is 4.72 Å². The predicted octanol–water partition coefficient (Wildman–Crippen LogP) is 3.96. The lowest BCUT2D eigenvalue weighted by molar-refractivity contribution is -0.112. The number of aromatic nitrogens is 1. The fourth-order valence-corrected chi connectivity index (χ4v) is 3.47. The molecule has 1 aromatic carbocycles. The number of Topliss-reactive ketones (excluding diaryl/α,β-unsaturated/α-hetero) is 1. The van der Waals surface area contributed by atoms with E-state index >= 15 is 0 Å². The lowest BCUT2D eigenvalue weighted by Crippen LogP contribution is -2.17. The number of hydrogen-bond donors (Lipinski definition) is 1. The normalized spacial score (nSPS) is 14.8. The summed E-state index contributed by atoms with van der Waals surface area (Å²) in [6.45, 7) is 6.39. The van der Waals surface area contributed by atoms with Crippen LogP contribution in [0.15, 0.2) is 47.5 Å². The van der Waals surface area contributed by atoms with Crippen LogP contribution in [0.2, 0.25) is 0 Å². The van der Waals surface area contributed by atoms with Gasteiger partial charge in [0, 0.05) is 28.6 Å². The average molecular weight is 424 g/mol. The zero-order valence-corrected chi connectivity index (χ0v) is 18.3. The molecule has 1 aromatic heterocycles. The number of hydrogen-bond acceptors (Lipinski definition) is 5. The van der Waals surface area contributed by atoms with Crippen molar-refractivity contribution in [1.82, 2.24) is 4.98 Å². The molecule has 1 aliphatic rings. The van der Waals surface area contributed by atoms with E-state index in [1.54, 1.807) is 24.4 Å². The Bertz CT molecular complexity index is 1150. The van der Waals surface area contributed by atoms with Gasteiger partial charge in [-0.15, -0.1) is 0 Å². The molecule has 2 heterocycles. The van der Waals surface area contributed by atoms with Crippen molar-refractivity contribution >= 4 is 45.4 Å². The fraction of sp³-hybridized carbons (Fsp3) is 0.261. The minimum absolute atomic E-state index is 0.0417. The number of carbonyl (C=O) groups is 1. The van der Waals surface area contributed by atoms with E-state index in [1.165, 1.54) is 0 Å². The van der Waals surface area contributed by atoms with Gasteiger partial charge >= 0.3 is 0 Å². The van der Waals surface area contributed by atoms with Crippen molar-refractivity contribution < 1.29 is 13.2 Å². The van der Waals surface area contributed by atoms with Crippen molar-refractivity contribution in [3.8, 4) is 0 Å². The minimum Gasteiger partial charge on any atom is -0.292 e. The summed E-state index contributed by atoms with van der Waals surface area (Å²) in [6, 6.07) is 11.0. The van der Waals surface area contributed by atoms with Gasteiger partial charge in [-0.2, -0.15) is 0 Å². The van der Waals surface area contributed by atoms with Crippen LogP contribution in [0, 0.1) is 0 Å². The molecule has 7 heteroatoms. The number of rotatable bonds is 5. The van der Waals surface area contributed by atoms with Gasteiger partial charge in [0.25, 0.3) is 0 Å². The van der Waals surface area contributed by atoms with E-state index in [1.807, 2.05) is 36.4 Å². The second-order valence-corrected chi connectivity index (χ2v) is 9.99. The first-order valence-electron chi connectivity index (χ1n) is 9.53. The van der Waals surface area contributed by atoms with Crippen LogP contribution in [0.1, 0.15) is 43.3 Å². The molecule has 0 amide bonds. The zero-order chi connectivity index (χ0) is 21.9. The largest absolute Gasteiger partial charge is 0.292 e. The van der Waals surface area contributed by atoms with Gasteiger partial charge < -0.3 is 0 Å². The molecule has 3 rings (SSSR count). The maximum absolute atomic E-state index is 12.3. The van der Waals surface area contributed by atoms with Gasteiger partial charge in [0.2, 0.25) is 10.0 Å². The van der Waals surface area contributed by atoms with E-state index in [4.69, 9.17) is 4.98 Å². The summed E-state index contributed by atoms with van der Waals surface area (Å²) in [4.78, 5) is 21.0. The Morgan fingerprint density at radius 2 is 1.70 bits per heavy atom. The lowest BCUT2D eigenvalue weighted by atomic mass is 9.89. The molecule has 0 saturated carbocycles. The molecule has 0 spiro atoms. The van der Waals surface area contributed by atoms with Gasteiger partial charge in [-0.3, -0.25) is 19.5 Å². The molecule has 0 bridgehead atoms. The highest BCUT2D eigenvalue weighted by Crippen LogP contribution is 2.26. The van der Waals surface area contributed by atoms with Crippen molar-refractivity contribution in [1.29, 1.82) is 0 Å². The predicted molar refractivity (Wildman–Crippen MR) is 123 cm³/mol. The smallest absolute Gasteiger partial charge is 0.229 e. The summed E-state index contributed by atoms with van der Waals surface area (Å²) in [6.07, 6.45) is 8.37. The number of ketones is 1. The number of carbonyl (C=O) groups excluding carboxylic acids is 1. The Morgan fingerprint density at radius 1 is 1.03 bits per heavy atom. The third kappa shape index (κ3) is 5.73. The maximum atomic E-state index is 12.3. The molecule has 0 saturated heterocycles. The Balaban J connectivity index is 1.93. The van der Waals surface area contributed by atoms with E-state index in [-0.39, 0.29) is 17.7 Å². The van der Waals surface area contributed by atoms with Crippen LogP contribution >= 0.6 is 0 Å². The van der Waals surface area contributed by atoms with Crippen molar-refractivity contribution in [3.63, 3.8) is 0 Å². The lowest BCUT2D eigenvalue weighted by Gasteiger charge is -2.20. The molecular formula is C23H25N3O3S. The Kier molecular flexibility index (Phi) is 6.03. The van der Waals surface area contributed by atoms with Crippen LogP contribution in [0.4, 0.5) is 5.69 Å². The summed E-state index contributed by atoms with van der Waals surface area (Å²) < 4.78 is 25.1. The highest BCUT2D eigenvalue weighted by atomic mass is 32.2. The fourth-order valence-electron chi connectivity index (χ4n) is 2.91. The summed E-state index contributed by atoms with van der Waals surface area (Å²) in [5, 5.41) is 0. The molecule has 1 N–H and O–H groups in total. The summed E-state index contributed by atoms with van der Waals surface area (Å²) >= 11 is 0. The standard InChI is InChI=1S/C23H25N3O3S/c1-23(2,3)22-14-17(13-20(25-22)19-11-12-24-15-21(19)27)6-5-16-7-9-18(10-8-16)26-30(4,28)29/h5-14,26H,15H2,1-4H3/b6-5+. The van der Waals surface area contributed by atoms with E-state index in [0.29, 0.717) is 17.0 Å². The molecule has 156 valence electrons. The van der Waals surface area contributed by atoms with Gasteiger partial charge in [-0.25, -0.2) is 8.42 Å². The van der Waals surface area contributed by atoms with Gasteiger partial charge in [0.05, 0.1) is 11.9 Å². The number of pyridine rings is 1. The van der Waals surface area contributed by atoms with Crippen molar-refractivity contribution in [2.24, 2.45) is 4.99 Å². The summed E-state index contributed by atoms with van der Waals surface area (Å²) in [7, 11) is -3.30. The SMILES string of the molecule is CC(C)(C)c1cc(/C=C/c2ccc(NS(C)(=O)=O)cc2)cc(C2=CC=NCC2=O)n1. The van der Waals surface area contributed by atoms with Crippen molar-refractivity contribution in [2.75, 3.05) is 17.5 Å². The Hall–Kier alpha value is -3.06. The molecule has 30 heavy (non-hydrogen) atoms. The van der Waals surface area contributed by atoms with Gasteiger partial charge in [0.15, 0.2) is 5.78 Å². The first-order chi connectivity index (χ1) is 14.0. The second kappa shape index (κ2) is 8.36. The number of aliphatic imine (C=N–C) groups is 1. The molecule has 0 fully saturated rings. The van der Waals surface area contributed by atoms with Gasteiger partial charge in [-0.1, -0.05) is 45.1 Å². The first-order valence-corrected chi connectivity index (χ1v) is 11.4. The third-order valence-electron chi connectivity index (χ3n) is 4.46. The number of allylic oxidation sites excluding steroid dienone is 1. The molecule has 0 aliphatic carbocycles. The van der Waals surface area contributed by atoms with E-state index < -0.39 is 10.0 Å². The number of nitrogens with one attached hydrogen (secondary N) is 1. The number of sulfonamides is 1.